The zero-order valence-corrected chi connectivity index (χ0v) is 9.27. The minimum absolute atomic E-state index is 0. The molecule has 0 saturated heterocycles. The first-order valence-corrected chi connectivity index (χ1v) is 3.05. The molecule has 0 saturated carbocycles. The molecular formula is C7H10NOW-. The summed E-state index contributed by atoms with van der Waals surface area (Å²) in [6.07, 6.45) is 2.72. The van der Waals surface area contributed by atoms with Gasteiger partial charge in [0.05, 0.1) is 0 Å². The van der Waals surface area contributed by atoms with Crippen molar-refractivity contribution in [1.29, 1.82) is 0 Å². The Kier molecular flexibility index (Phi) is 3.88. The van der Waals surface area contributed by atoms with Crippen molar-refractivity contribution >= 4 is 0 Å². The van der Waals surface area contributed by atoms with Gasteiger partial charge in [-0.25, -0.2) is 0 Å². The van der Waals surface area contributed by atoms with E-state index in [9.17, 15) is 0 Å². The van der Waals surface area contributed by atoms with Crippen LogP contribution in [0.15, 0.2) is 4.42 Å². The summed E-state index contributed by atoms with van der Waals surface area (Å²) in [6.45, 7) is 5.95. The maximum absolute atomic E-state index is 4.89. The van der Waals surface area contributed by atoms with Crippen LogP contribution in [0.4, 0.5) is 0 Å². The van der Waals surface area contributed by atoms with E-state index in [2.05, 4.69) is 25.1 Å². The molecule has 0 aliphatic carbocycles. The summed E-state index contributed by atoms with van der Waals surface area (Å²) in [4.78, 5) is 4.09. The fraction of sp³-hybridized carbons (Fsp3) is 0.571. The van der Waals surface area contributed by atoms with Gasteiger partial charge in [-0.15, -0.1) is 0 Å². The van der Waals surface area contributed by atoms with E-state index in [1.165, 1.54) is 0 Å². The molecule has 0 aliphatic rings. The largest absolute Gasteiger partial charge is 0.630 e. The summed E-state index contributed by atoms with van der Waals surface area (Å²) in [5.41, 5.74) is 0.910. The van der Waals surface area contributed by atoms with Gasteiger partial charge in [-0.1, -0.05) is 27.0 Å². The standard InChI is InChI=1S/C7H10NO.W/c1-5(2)7-4-9-6(3)8-7;/h5H,1-3H3;/q-1;. The Morgan fingerprint density at radius 2 is 2.10 bits per heavy atom. The summed E-state index contributed by atoms with van der Waals surface area (Å²) in [5, 5.41) is 0. The van der Waals surface area contributed by atoms with Gasteiger partial charge in [-0.05, 0) is 11.6 Å². The Labute approximate surface area is 75.3 Å². The summed E-state index contributed by atoms with van der Waals surface area (Å²) in [6, 6.07) is 0. The van der Waals surface area contributed by atoms with Crippen molar-refractivity contribution in [2.45, 2.75) is 26.7 Å². The van der Waals surface area contributed by atoms with Gasteiger partial charge in [0.25, 0.3) is 0 Å². The predicted molar refractivity (Wildman–Crippen MR) is 34.2 cm³/mol. The molecule has 10 heavy (non-hydrogen) atoms. The predicted octanol–water partition coefficient (Wildman–Crippen LogP) is 1.90. The molecule has 0 aromatic carbocycles. The van der Waals surface area contributed by atoms with E-state index >= 15 is 0 Å². The molecule has 0 atom stereocenters. The topological polar surface area (TPSA) is 26.0 Å². The van der Waals surface area contributed by atoms with Gasteiger partial charge in [-0.3, -0.25) is 0 Å². The fourth-order valence-electron chi connectivity index (χ4n) is 0.588. The summed E-state index contributed by atoms with van der Waals surface area (Å²) in [5.74, 6) is 1.11. The van der Waals surface area contributed by atoms with Crippen molar-refractivity contribution < 1.29 is 25.5 Å². The molecule has 1 heterocycles. The summed E-state index contributed by atoms with van der Waals surface area (Å²) < 4.78 is 4.89. The van der Waals surface area contributed by atoms with Gasteiger partial charge in [0, 0.05) is 27.0 Å². The Bertz CT molecular complexity index is 195. The van der Waals surface area contributed by atoms with E-state index in [4.69, 9.17) is 4.42 Å². The van der Waals surface area contributed by atoms with Crippen LogP contribution in [0.5, 0.6) is 0 Å². The fourth-order valence-corrected chi connectivity index (χ4v) is 0.588. The normalized spacial score (nSPS) is 9.60. The van der Waals surface area contributed by atoms with Crippen molar-refractivity contribution in [2.24, 2.45) is 0 Å². The van der Waals surface area contributed by atoms with Crippen LogP contribution >= 0.6 is 0 Å². The molecule has 56 valence electrons. The second-order valence-electron chi connectivity index (χ2n) is 2.37. The Morgan fingerprint density at radius 1 is 1.50 bits per heavy atom. The molecule has 0 amide bonds. The smallest absolute Gasteiger partial charge is 0.0308 e. The molecule has 2 nitrogen and oxygen atoms in total. The van der Waals surface area contributed by atoms with Crippen LogP contribution in [0.3, 0.4) is 0 Å². The number of aromatic nitrogens is 1. The molecule has 0 N–H and O–H groups in total. The van der Waals surface area contributed by atoms with Gasteiger partial charge in [0.15, 0.2) is 0 Å². The zero-order valence-electron chi connectivity index (χ0n) is 6.34. The second-order valence-corrected chi connectivity index (χ2v) is 2.37. The third-order valence-corrected chi connectivity index (χ3v) is 1.13. The first kappa shape index (κ1) is 9.90. The number of nitrogens with zero attached hydrogens (tertiary/aromatic N) is 1. The quantitative estimate of drug-likeness (QED) is 0.741. The molecule has 0 bridgehead atoms. The Morgan fingerprint density at radius 3 is 2.30 bits per heavy atom. The molecule has 0 radical (unpaired) electrons. The SMILES string of the molecule is Cc1nc(C(C)C)[c-]o1.[W]. The van der Waals surface area contributed by atoms with E-state index in [0.717, 1.165) is 5.69 Å². The number of oxazole rings is 1. The third kappa shape index (κ3) is 2.26. The molecule has 1 rings (SSSR count). The van der Waals surface area contributed by atoms with Crippen LogP contribution in [0.25, 0.3) is 0 Å². The summed E-state index contributed by atoms with van der Waals surface area (Å²) in [7, 11) is 0. The van der Waals surface area contributed by atoms with Gasteiger partial charge in [0.2, 0.25) is 0 Å². The van der Waals surface area contributed by atoms with Gasteiger partial charge >= 0.3 is 0 Å². The Balaban J connectivity index is 0.000000810. The van der Waals surface area contributed by atoms with Crippen LogP contribution in [-0.2, 0) is 21.1 Å². The molecule has 1 aromatic rings. The monoisotopic (exact) mass is 308 g/mol. The van der Waals surface area contributed by atoms with Crippen molar-refractivity contribution in [1.82, 2.24) is 4.98 Å². The van der Waals surface area contributed by atoms with Crippen LogP contribution in [0.1, 0.15) is 31.4 Å². The van der Waals surface area contributed by atoms with Crippen LogP contribution < -0.4 is 0 Å². The number of aryl methyl sites for hydroxylation is 1. The maximum atomic E-state index is 4.89. The molecule has 3 heteroatoms. The van der Waals surface area contributed by atoms with Crippen LogP contribution in [-0.4, -0.2) is 4.98 Å². The number of hydrogen-bond donors (Lipinski definition) is 0. The van der Waals surface area contributed by atoms with E-state index in [1.807, 2.05) is 6.92 Å². The van der Waals surface area contributed by atoms with Crippen molar-refractivity contribution in [3.8, 4) is 0 Å². The van der Waals surface area contributed by atoms with Gasteiger partial charge in [-0.2, -0.15) is 0 Å². The van der Waals surface area contributed by atoms with E-state index < -0.39 is 0 Å². The van der Waals surface area contributed by atoms with Gasteiger partial charge < -0.3 is 9.40 Å². The van der Waals surface area contributed by atoms with Crippen LogP contribution in [0.2, 0.25) is 0 Å². The minimum Gasteiger partial charge on any atom is -0.630 e. The molecule has 0 unspecified atom stereocenters. The van der Waals surface area contributed by atoms with Crippen molar-refractivity contribution in [3.05, 3.63) is 17.8 Å². The van der Waals surface area contributed by atoms with E-state index in [0.29, 0.717) is 11.8 Å². The minimum atomic E-state index is 0. The van der Waals surface area contributed by atoms with Crippen LogP contribution in [0, 0.1) is 13.2 Å². The first-order valence-electron chi connectivity index (χ1n) is 3.05. The number of rotatable bonds is 1. The van der Waals surface area contributed by atoms with Gasteiger partial charge in [0.1, 0.15) is 0 Å². The molecule has 0 aliphatic heterocycles. The maximum Gasteiger partial charge on any atom is 0.0308 e. The first-order chi connectivity index (χ1) is 4.20. The molecule has 0 fully saturated rings. The van der Waals surface area contributed by atoms with Crippen molar-refractivity contribution in [3.63, 3.8) is 0 Å². The molecular weight excluding hydrogens is 298 g/mol. The van der Waals surface area contributed by atoms with E-state index in [-0.39, 0.29) is 21.1 Å². The summed E-state index contributed by atoms with van der Waals surface area (Å²) >= 11 is 0. The average Bonchev–Trinajstić information content (AvgIpc) is 2.14. The van der Waals surface area contributed by atoms with Crippen molar-refractivity contribution in [2.75, 3.05) is 0 Å². The average molecular weight is 308 g/mol. The Hall–Kier alpha value is -0.102. The second kappa shape index (κ2) is 3.92. The third-order valence-electron chi connectivity index (χ3n) is 1.13. The number of hydrogen-bond acceptors (Lipinski definition) is 2. The molecule has 0 spiro atoms. The van der Waals surface area contributed by atoms with E-state index in [1.54, 1.807) is 0 Å². The zero-order chi connectivity index (χ0) is 6.85. The molecule has 1 aromatic heterocycles.